The highest BCUT2D eigenvalue weighted by molar-refractivity contribution is 7.89. The Morgan fingerprint density at radius 2 is 1.76 bits per heavy atom. The summed E-state index contributed by atoms with van der Waals surface area (Å²) >= 11 is 11.9. The molecule has 0 amide bonds. The van der Waals surface area contributed by atoms with Gasteiger partial charge < -0.3 is 0 Å². The Morgan fingerprint density at radius 1 is 1.19 bits per heavy atom. The van der Waals surface area contributed by atoms with E-state index in [1.165, 1.54) is 11.4 Å². The van der Waals surface area contributed by atoms with Gasteiger partial charge in [-0.3, -0.25) is 5.10 Å². The molecule has 1 aromatic carbocycles. The number of nitrogens with zero attached hydrogens (tertiary/aromatic N) is 2. The molecule has 21 heavy (non-hydrogen) atoms. The SMILES string of the molecule is Cc1n[nH]c(C)c1S(=O)(=O)N(C)Cc1cc(Cl)cc(Cl)c1. The first kappa shape index (κ1) is 16.3. The summed E-state index contributed by atoms with van der Waals surface area (Å²) in [5, 5.41) is 7.55. The lowest BCUT2D eigenvalue weighted by Crippen LogP contribution is -2.27. The molecule has 0 aliphatic heterocycles. The van der Waals surface area contributed by atoms with Crippen LogP contribution in [0.2, 0.25) is 10.0 Å². The third-order valence-corrected chi connectivity index (χ3v) is 5.56. The van der Waals surface area contributed by atoms with Crippen LogP contribution in [0.15, 0.2) is 23.1 Å². The fraction of sp³-hybridized carbons (Fsp3) is 0.308. The van der Waals surface area contributed by atoms with Crippen LogP contribution in [0, 0.1) is 13.8 Å². The predicted octanol–water partition coefficient (Wildman–Crippen LogP) is 3.15. The topological polar surface area (TPSA) is 66.1 Å². The van der Waals surface area contributed by atoms with Crippen molar-refractivity contribution in [2.24, 2.45) is 0 Å². The highest BCUT2D eigenvalue weighted by atomic mass is 35.5. The fourth-order valence-electron chi connectivity index (χ4n) is 2.12. The predicted molar refractivity (Wildman–Crippen MR) is 83.2 cm³/mol. The number of hydrogen-bond donors (Lipinski definition) is 1. The highest BCUT2D eigenvalue weighted by Gasteiger charge is 2.27. The van der Waals surface area contributed by atoms with E-state index in [0.29, 0.717) is 21.4 Å². The third-order valence-electron chi connectivity index (χ3n) is 3.06. The van der Waals surface area contributed by atoms with Crippen LogP contribution in [0.3, 0.4) is 0 Å². The number of aryl methyl sites for hydroxylation is 2. The highest BCUT2D eigenvalue weighted by Crippen LogP contribution is 2.24. The average Bonchev–Trinajstić information content (AvgIpc) is 2.67. The van der Waals surface area contributed by atoms with Crippen LogP contribution in [-0.4, -0.2) is 30.0 Å². The minimum atomic E-state index is -3.63. The number of hydrogen-bond acceptors (Lipinski definition) is 3. The Hall–Kier alpha value is -1.08. The lowest BCUT2D eigenvalue weighted by molar-refractivity contribution is 0.466. The van der Waals surface area contributed by atoms with Crippen LogP contribution in [0.25, 0.3) is 0 Å². The van der Waals surface area contributed by atoms with Crippen molar-refractivity contribution in [1.82, 2.24) is 14.5 Å². The first-order valence-electron chi connectivity index (χ1n) is 6.14. The number of halogens is 2. The molecule has 0 aliphatic carbocycles. The molecule has 0 unspecified atom stereocenters. The normalized spacial score (nSPS) is 12.1. The second-order valence-electron chi connectivity index (χ2n) is 4.80. The summed E-state index contributed by atoms with van der Waals surface area (Å²) in [7, 11) is -2.12. The molecule has 5 nitrogen and oxygen atoms in total. The number of benzene rings is 1. The number of H-pyrrole nitrogens is 1. The van der Waals surface area contributed by atoms with Crippen LogP contribution >= 0.6 is 23.2 Å². The number of sulfonamides is 1. The summed E-state index contributed by atoms with van der Waals surface area (Å²) in [5.74, 6) is 0. The summed E-state index contributed by atoms with van der Waals surface area (Å²) in [4.78, 5) is 0.207. The average molecular weight is 348 g/mol. The molecule has 0 saturated heterocycles. The van der Waals surface area contributed by atoms with Gasteiger partial charge in [-0.1, -0.05) is 23.2 Å². The van der Waals surface area contributed by atoms with E-state index in [0.717, 1.165) is 5.56 Å². The lowest BCUT2D eigenvalue weighted by Gasteiger charge is -2.17. The van der Waals surface area contributed by atoms with Crippen molar-refractivity contribution in [3.63, 3.8) is 0 Å². The van der Waals surface area contributed by atoms with Gasteiger partial charge >= 0.3 is 0 Å². The zero-order valence-corrected chi connectivity index (χ0v) is 14.1. The number of aromatic amines is 1. The molecule has 0 saturated carbocycles. The van der Waals surface area contributed by atoms with Gasteiger partial charge in [0.05, 0.1) is 11.4 Å². The van der Waals surface area contributed by atoms with Gasteiger partial charge in [-0.15, -0.1) is 0 Å². The van der Waals surface area contributed by atoms with E-state index in [1.54, 1.807) is 32.0 Å². The van der Waals surface area contributed by atoms with E-state index in [4.69, 9.17) is 23.2 Å². The van der Waals surface area contributed by atoms with Gasteiger partial charge in [-0.25, -0.2) is 8.42 Å². The molecular weight excluding hydrogens is 333 g/mol. The van der Waals surface area contributed by atoms with Crippen molar-refractivity contribution in [2.45, 2.75) is 25.3 Å². The summed E-state index contributed by atoms with van der Waals surface area (Å²) in [5.41, 5.74) is 1.68. The maximum atomic E-state index is 12.6. The summed E-state index contributed by atoms with van der Waals surface area (Å²) in [6.45, 7) is 3.50. The zero-order chi connectivity index (χ0) is 15.8. The first-order valence-corrected chi connectivity index (χ1v) is 8.34. The van der Waals surface area contributed by atoms with Gasteiger partial charge in [0.25, 0.3) is 0 Å². The Balaban J connectivity index is 2.33. The second-order valence-corrected chi connectivity index (χ2v) is 7.66. The van der Waals surface area contributed by atoms with Gasteiger partial charge in [0.1, 0.15) is 4.90 Å². The molecule has 0 fully saturated rings. The van der Waals surface area contributed by atoms with Crippen LogP contribution in [0.1, 0.15) is 17.0 Å². The van der Waals surface area contributed by atoms with Gasteiger partial charge in [0.2, 0.25) is 10.0 Å². The van der Waals surface area contributed by atoms with E-state index in [2.05, 4.69) is 10.2 Å². The molecule has 1 heterocycles. The largest absolute Gasteiger partial charge is 0.281 e. The van der Waals surface area contributed by atoms with Crippen LogP contribution in [-0.2, 0) is 16.6 Å². The Morgan fingerprint density at radius 3 is 2.24 bits per heavy atom. The van der Waals surface area contributed by atoms with E-state index in [9.17, 15) is 8.42 Å². The molecule has 1 aromatic heterocycles. The van der Waals surface area contributed by atoms with Gasteiger partial charge in [-0.05, 0) is 37.6 Å². The summed E-state index contributed by atoms with van der Waals surface area (Å²) in [6.07, 6.45) is 0. The van der Waals surface area contributed by atoms with Crippen molar-refractivity contribution in [2.75, 3.05) is 7.05 Å². The molecule has 2 aromatic rings. The van der Waals surface area contributed by atoms with Gasteiger partial charge in [0, 0.05) is 23.6 Å². The molecule has 0 aliphatic rings. The van der Waals surface area contributed by atoms with E-state index in [1.807, 2.05) is 0 Å². The van der Waals surface area contributed by atoms with E-state index < -0.39 is 10.0 Å². The smallest absolute Gasteiger partial charge is 0.246 e. The van der Waals surface area contributed by atoms with Gasteiger partial charge in [0.15, 0.2) is 0 Å². The number of rotatable bonds is 4. The first-order chi connectivity index (χ1) is 9.71. The lowest BCUT2D eigenvalue weighted by atomic mass is 10.2. The molecule has 0 spiro atoms. The van der Waals surface area contributed by atoms with Crippen molar-refractivity contribution in [1.29, 1.82) is 0 Å². The quantitative estimate of drug-likeness (QED) is 0.923. The minimum Gasteiger partial charge on any atom is -0.281 e. The third kappa shape index (κ3) is 3.40. The summed E-state index contributed by atoms with van der Waals surface area (Å²) in [6, 6.07) is 4.98. The Kier molecular flexibility index (Phi) is 4.63. The second kappa shape index (κ2) is 5.96. The molecule has 1 N–H and O–H groups in total. The van der Waals surface area contributed by atoms with Crippen LogP contribution < -0.4 is 0 Å². The molecule has 0 radical (unpaired) electrons. The van der Waals surface area contributed by atoms with Crippen molar-refractivity contribution >= 4 is 33.2 Å². The molecular formula is C13H15Cl2N3O2S. The maximum absolute atomic E-state index is 12.6. The van der Waals surface area contributed by atoms with Crippen molar-refractivity contribution in [3.05, 3.63) is 45.2 Å². The Labute approximate surface area is 133 Å². The number of aromatic nitrogens is 2. The van der Waals surface area contributed by atoms with E-state index >= 15 is 0 Å². The maximum Gasteiger partial charge on any atom is 0.246 e. The molecule has 2 rings (SSSR count). The standard InChI is InChI=1S/C13H15Cl2N3O2S/c1-8-13(9(2)17-16-8)21(19,20)18(3)7-10-4-11(14)6-12(15)5-10/h4-6H,7H2,1-3H3,(H,16,17). The molecule has 0 bridgehead atoms. The van der Waals surface area contributed by atoms with Crippen molar-refractivity contribution < 1.29 is 8.42 Å². The van der Waals surface area contributed by atoms with E-state index in [-0.39, 0.29) is 11.4 Å². The zero-order valence-electron chi connectivity index (χ0n) is 11.8. The number of nitrogens with one attached hydrogen (secondary N) is 1. The van der Waals surface area contributed by atoms with Crippen molar-refractivity contribution in [3.8, 4) is 0 Å². The monoisotopic (exact) mass is 347 g/mol. The van der Waals surface area contributed by atoms with Crippen LogP contribution in [0.4, 0.5) is 0 Å². The van der Waals surface area contributed by atoms with Gasteiger partial charge in [-0.2, -0.15) is 9.40 Å². The fourth-order valence-corrected chi connectivity index (χ4v) is 4.17. The minimum absolute atomic E-state index is 0.173. The van der Waals surface area contributed by atoms with Crippen LogP contribution in [0.5, 0.6) is 0 Å². The molecule has 0 atom stereocenters. The summed E-state index contributed by atoms with van der Waals surface area (Å²) < 4.78 is 26.5. The Bertz CT molecular complexity index is 732. The molecule has 8 heteroatoms. The molecule has 114 valence electrons.